The van der Waals surface area contributed by atoms with Crippen LogP contribution in [0.4, 0.5) is 0 Å². The fourth-order valence-electron chi connectivity index (χ4n) is 1.48. The fraction of sp³-hybridized carbons (Fsp3) is 0.222. The Hall–Kier alpha value is -1.91. The highest BCUT2D eigenvalue weighted by Crippen LogP contribution is 2.15. The average Bonchev–Trinajstić information content (AvgIpc) is 1.99. The highest BCUT2D eigenvalue weighted by molar-refractivity contribution is 6.09. The predicted octanol–water partition coefficient (Wildman–Crippen LogP) is -0.239. The normalized spacial score (nSPS) is 14.9. The Morgan fingerprint density at radius 3 is 2.79 bits per heavy atom. The van der Waals surface area contributed by atoms with E-state index in [1.54, 1.807) is 6.92 Å². The lowest BCUT2D eigenvalue weighted by Crippen LogP contribution is -2.38. The van der Waals surface area contributed by atoms with Gasteiger partial charge in [0.15, 0.2) is 0 Å². The Morgan fingerprint density at radius 2 is 2.07 bits per heavy atom. The maximum absolute atomic E-state index is 11.3. The molecular formula is C9H7NO4. The van der Waals surface area contributed by atoms with Crippen molar-refractivity contribution in [2.24, 2.45) is 0 Å². The number of carbonyl (C=O) groups is 2. The Kier molecular flexibility index (Phi) is 1.73. The molecule has 1 aromatic heterocycles. The Labute approximate surface area is 78.7 Å². The van der Waals surface area contributed by atoms with E-state index in [4.69, 9.17) is 4.42 Å². The molecule has 0 fully saturated rings. The zero-order valence-electron chi connectivity index (χ0n) is 7.42. The van der Waals surface area contributed by atoms with E-state index in [9.17, 15) is 14.4 Å². The van der Waals surface area contributed by atoms with E-state index in [1.807, 2.05) is 0 Å². The first-order valence-electron chi connectivity index (χ1n) is 4.06. The van der Waals surface area contributed by atoms with Crippen molar-refractivity contribution >= 4 is 11.8 Å². The standard InChI is InChI=1S/C9H7NO4/c1-4-2-7(12)14-5-3-6(11)10-9(13)8(4)5/h2H,3H2,1H3,(H,10,11,13). The third-order valence-corrected chi connectivity index (χ3v) is 2.03. The van der Waals surface area contributed by atoms with Crippen LogP contribution in [-0.2, 0) is 11.2 Å². The van der Waals surface area contributed by atoms with Gasteiger partial charge in [-0.25, -0.2) is 4.79 Å². The molecule has 0 aromatic carbocycles. The van der Waals surface area contributed by atoms with E-state index in [2.05, 4.69) is 5.32 Å². The van der Waals surface area contributed by atoms with Crippen LogP contribution in [0.25, 0.3) is 0 Å². The van der Waals surface area contributed by atoms with Gasteiger partial charge in [-0.1, -0.05) is 0 Å². The van der Waals surface area contributed by atoms with E-state index in [0.717, 1.165) is 0 Å². The van der Waals surface area contributed by atoms with Crippen molar-refractivity contribution in [1.82, 2.24) is 5.32 Å². The van der Waals surface area contributed by atoms with Crippen molar-refractivity contribution in [3.63, 3.8) is 0 Å². The zero-order valence-corrected chi connectivity index (χ0v) is 7.42. The molecule has 2 amide bonds. The maximum Gasteiger partial charge on any atom is 0.336 e. The van der Waals surface area contributed by atoms with Gasteiger partial charge in [0.2, 0.25) is 5.91 Å². The summed E-state index contributed by atoms with van der Waals surface area (Å²) >= 11 is 0. The van der Waals surface area contributed by atoms with Crippen LogP contribution in [0.1, 0.15) is 21.7 Å². The van der Waals surface area contributed by atoms with Crippen LogP contribution < -0.4 is 10.9 Å². The molecular weight excluding hydrogens is 186 g/mol. The van der Waals surface area contributed by atoms with Crippen LogP contribution in [0.3, 0.4) is 0 Å². The molecule has 1 N–H and O–H groups in total. The van der Waals surface area contributed by atoms with Crippen molar-refractivity contribution in [3.05, 3.63) is 33.4 Å². The Morgan fingerprint density at radius 1 is 1.36 bits per heavy atom. The lowest BCUT2D eigenvalue weighted by Gasteiger charge is -2.14. The highest BCUT2D eigenvalue weighted by Gasteiger charge is 2.26. The van der Waals surface area contributed by atoms with Gasteiger partial charge in [-0.05, 0) is 12.5 Å². The van der Waals surface area contributed by atoms with Crippen LogP contribution in [0.15, 0.2) is 15.3 Å². The molecule has 0 unspecified atom stereocenters. The van der Waals surface area contributed by atoms with Crippen molar-refractivity contribution in [2.45, 2.75) is 13.3 Å². The second-order valence-corrected chi connectivity index (χ2v) is 3.10. The summed E-state index contributed by atoms with van der Waals surface area (Å²) in [6, 6.07) is 1.23. The van der Waals surface area contributed by atoms with Crippen molar-refractivity contribution in [2.75, 3.05) is 0 Å². The van der Waals surface area contributed by atoms with Crippen molar-refractivity contribution in [3.8, 4) is 0 Å². The molecule has 14 heavy (non-hydrogen) atoms. The van der Waals surface area contributed by atoms with Gasteiger partial charge >= 0.3 is 5.63 Å². The quantitative estimate of drug-likeness (QED) is 0.577. The summed E-state index contributed by atoms with van der Waals surface area (Å²) in [5, 5.41) is 2.16. The maximum atomic E-state index is 11.3. The Balaban J connectivity index is 2.70. The molecule has 5 heteroatoms. The van der Waals surface area contributed by atoms with E-state index in [0.29, 0.717) is 11.1 Å². The lowest BCUT2D eigenvalue weighted by atomic mass is 10.0. The molecule has 1 aliphatic heterocycles. The number of hydrogen-bond acceptors (Lipinski definition) is 4. The first-order valence-corrected chi connectivity index (χ1v) is 4.06. The van der Waals surface area contributed by atoms with Gasteiger partial charge in [0, 0.05) is 6.07 Å². The first-order chi connectivity index (χ1) is 6.58. The minimum absolute atomic E-state index is 0.0575. The van der Waals surface area contributed by atoms with Crippen LogP contribution in [0.5, 0.6) is 0 Å². The van der Waals surface area contributed by atoms with Gasteiger partial charge in [0.1, 0.15) is 5.76 Å². The topological polar surface area (TPSA) is 76.4 Å². The number of imide groups is 1. The molecule has 1 aromatic rings. The van der Waals surface area contributed by atoms with Crippen LogP contribution >= 0.6 is 0 Å². The predicted molar refractivity (Wildman–Crippen MR) is 45.9 cm³/mol. The SMILES string of the molecule is Cc1cc(=O)oc2c1C(=O)NC(=O)C2. The first kappa shape index (κ1) is 8.68. The summed E-state index contributed by atoms with van der Waals surface area (Å²) in [6.07, 6.45) is -0.0575. The molecule has 0 aliphatic carbocycles. The minimum Gasteiger partial charge on any atom is -0.426 e. The minimum atomic E-state index is -0.538. The van der Waals surface area contributed by atoms with E-state index in [-0.39, 0.29) is 12.2 Å². The summed E-state index contributed by atoms with van der Waals surface area (Å²) in [7, 11) is 0. The van der Waals surface area contributed by atoms with E-state index < -0.39 is 17.4 Å². The monoisotopic (exact) mass is 193 g/mol. The average molecular weight is 193 g/mol. The number of hydrogen-bond donors (Lipinski definition) is 1. The molecule has 0 saturated carbocycles. The van der Waals surface area contributed by atoms with Gasteiger partial charge in [-0.15, -0.1) is 0 Å². The van der Waals surface area contributed by atoms with Crippen molar-refractivity contribution in [1.29, 1.82) is 0 Å². The lowest BCUT2D eigenvalue weighted by molar-refractivity contribution is -0.120. The molecule has 0 bridgehead atoms. The molecule has 72 valence electrons. The van der Waals surface area contributed by atoms with Crippen LogP contribution in [0.2, 0.25) is 0 Å². The van der Waals surface area contributed by atoms with Gasteiger partial charge in [-0.3, -0.25) is 14.9 Å². The van der Waals surface area contributed by atoms with Crippen molar-refractivity contribution < 1.29 is 14.0 Å². The van der Waals surface area contributed by atoms with E-state index in [1.165, 1.54) is 6.07 Å². The third-order valence-electron chi connectivity index (χ3n) is 2.03. The molecule has 0 saturated heterocycles. The highest BCUT2D eigenvalue weighted by atomic mass is 16.4. The number of amides is 2. The number of rotatable bonds is 0. The van der Waals surface area contributed by atoms with Crippen LogP contribution in [-0.4, -0.2) is 11.8 Å². The number of nitrogens with one attached hydrogen (secondary N) is 1. The fourth-order valence-corrected chi connectivity index (χ4v) is 1.48. The molecule has 5 nitrogen and oxygen atoms in total. The summed E-state index contributed by atoms with van der Waals surface area (Å²) in [6.45, 7) is 1.63. The largest absolute Gasteiger partial charge is 0.426 e. The number of fused-ring (bicyclic) bond motifs is 1. The van der Waals surface area contributed by atoms with Gasteiger partial charge in [0.25, 0.3) is 5.91 Å². The summed E-state index contributed by atoms with van der Waals surface area (Å²) in [5.41, 5.74) is 0.286. The summed E-state index contributed by atoms with van der Waals surface area (Å²) in [4.78, 5) is 33.3. The van der Waals surface area contributed by atoms with E-state index >= 15 is 0 Å². The summed E-state index contributed by atoms with van der Waals surface area (Å²) < 4.78 is 4.78. The summed E-state index contributed by atoms with van der Waals surface area (Å²) in [5.74, 6) is -0.794. The molecule has 1 aliphatic rings. The molecule has 2 heterocycles. The molecule has 0 radical (unpaired) electrons. The third kappa shape index (κ3) is 1.22. The number of aryl methyl sites for hydroxylation is 1. The van der Waals surface area contributed by atoms with Gasteiger partial charge in [0.05, 0.1) is 12.0 Å². The number of carbonyl (C=O) groups excluding carboxylic acids is 2. The van der Waals surface area contributed by atoms with Crippen LogP contribution in [0, 0.1) is 6.92 Å². The second kappa shape index (κ2) is 2.80. The second-order valence-electron chi connectivity index (χ2n) is 3.10. The molecule has 0 spiro atoms. The molecule has 0 atom stereocenters. The van der Waals surface area contributed by atoms with Gasteiger partial charge in [-0.2, -0.15) is 0 Å². The van der Waals surface area contributed by atoms with Gasteiger partial charge < -0.3 is 4.42 Å². The zero-order chi connectivity index (χ0) is 10.3. The Bertz CT molecular complexity index is 486. The molecule has 2 rings (SSSR count). The smallest absolute Gasteiger partial charge is 0.336 e.